The van der Waals surface area contributed by atoms with Crippen LogP contribution in [0.3, 0.4) is 0 Å². The van der Waals surface area contributed by atoms with E-state index < -0.39 is 4.92 Å². The predicted octanol–water partition coefficient (Wildman–Crippen LogP) is 3.50. The molecule has 0 saturated heterocycles. The average molecular weight is 300 g/mol. The summed E-state index contributed by atoms with van der Waals surface area (Å²) in [5.74, 6) is 0.681. The number of nitrogens with one attached hydrogen (secondary N) is 1. The lowest BCUT2D eigenvalue weighted by Crippen LogP contribution is -2.31. The smallest absolute Gasteiger partial charge is 0.288 e. The van der Waals surface area contributed by atoms with Crippen molar-refractivity contribution in [3.05, 3.63) is 26.9 Å². The molecular weight excluding hydrogens is 286 g/mol. The van der Waals surface area contributed by atoms with Gasteiger partial charge in [0.25, 0.3) is 5.69 Å². The Morgan fingerprint density at radius 2 is 2.18 bits per heavy atom. The Bertz CT molecular complexity index is 444. The Morgan fingerprint density at radius 1 is 1.53 bits per heavy atom. The second-order valence-electron chi connectivity index (χ2n) is 4.67. The SMILES string of the molecule is CC1(Nc2ncc([N+](=O)[O-])cc2Br)CCCC1. The highest BCUT2D eigenvalue weighted by molar-refractivity contribution is 9.10. The molecule has 92 valence electrons. The van der Waals surface area contributed by atoms with Crippen molar-refractivity contribution in [3.63, 3.8) is 0 Å². The first-order chi connectivity index (χ1) is 8.00. The number of aromatic nitrogens is 1. The Balaban J connectivity index is 2.19. The van der Waals surface area contributed by atoms with E-state index in [0.29, 0.717) is 10.3 Å². The third kappa shape index (κ3) is 2.74. The van der Waals surface area contributed by atoms with Crippen LogP contribution in [-0.4, -0.2) is 15.4 Å². The lowest BCUT2D eigenvalue weighted by atomic mass is 10.0. The lowest BCUT2D eigenvalue weighted by Gasteiger charge is -2.26. The molecule has 0 bridgehead atoms. The summed E-state index contributed by atoms with van der Waals surface area (Å²) in [5, 5.41) is 14.0. The molecule has 6 heteroatoms. The van der Waals surface area contributed by atoms with Crippen LogP contribution in [0, 0.1) is 10.1 Å². The van der Waals surface area contributed by atoms with Gasteiger partial charge in [0.15, 0.2) is 0 Å². The largest absolute Gasteiger partial charge is 0.364 e. The summed E-state index contributed by atoms with van der Waals surface area (Å²) in [6.45, 7) is 2.16. The molecule has 0 amide bonds. The van der Waals surface area contributed by atoms with Crippen LogP contribution in [0.5, 0.6) is 0 Å². The molecule has 0 atom stereocenters. The molecule has 0 unspecified atom stereocenters. The fourth-order valence-electron chi connectivity index (χ4n) is 2.19. The monoisotopic (exact) mass is 299 g/mol. The molecule has 1 aliphatic carbocycles. The van der Waals surface area contributed by atoms with Crippen molar-refractivity contribution in [2.75, 3.05) is 5.32 Å². The molecule has 1 fully saturated rings. The van der Waals surface area contributed by atoms with E-state index in [-0.39, 0.29) is 11.2 Å². The van der Waals surface area contributed by atoms with E-state index in [9.17, 15) is 10.1 Å². The molecule has 0 spiro atoms. The van der Waals surface area contributed by atoms with Crippen LogP contribution >= 0.6 is 15.9 Å². The highest BCUT2D eigenvalue weighted by Gasteiger charge is 2.29. The van der Waals surface area contributed by atoms with Gasteiger partial charge in [-0.05, 0) is 35.7 Å². The summed E-state index contributed by atoms with van der Waals surface area (Å²) in [7, 11) is 0. The van der Waals surface area contributed by atoms with Gasteiger partial charge in [-0.25, -0.2) is 4.98 Å². The Hall–Kier alpha value is -1.17. The second-order valence-corrected chi connectivity index (χ2v) is 5.53. The van der Waals surface area contributed by atoms with Crippen molar-refractivity contribution < 1.29 is 4.92 Å². The predicted molar refractivity (Wildman–Crippen MR) is 69.1 cm³/mol. The van der Waals surface area contributed by atoms with Crippen LogP contribution in [0.4, 0.5) is 11.5 Å². The maximum absolute atomic E-state index is 10.6. The van der Waals surface area contributed by atoms with Gasteiger partial charge in [0.05, 0.1) is 9.40 Å². The Morgan fingerprint density at radius 3 is 2.71 bits per heavy atom. The molecule has 1 N–H and O–H groups in total. The summed E-state index contributed by atoms with van der Waals surface area (Å²) in [6, 6.07) is 1.48. The molecule has 1 saturated carbocycles. The first-order valence-electron chi connectivity index (χ1n) is 5.58. The fourth-order valence-corrected chi connectivity index (χ4v) is 2.62. The first-order valence-corrected chi connectivity index (χ1v) is 6.38. The van der Waals surface area contributed by atoms with E-state index in [4.69, 9.17) is 0 Å². The van der Waals surface area contributed by atoms with Crippen LogP contribution in [-0.2, 0) is 0 Å². The van der Waals surface area contributed by atoms with Crippen molar-refractivity contribution in [2.24, 2.45) is 0 Å². The van der Waals surface area contributed by atoms with Gasteiger partial charge in [-0.3, -0.25) is 10.1 Å². The highest BCUT2D eigenvalue weighted by Crippen LogP contribution is 2.34. The summed E-state index contributed by atoms with van der Waals surface area (Å²) < 4.78 is 0.639. The number of anilines is 1. The van der Waals surface area contributed by atoms with Gasteiger partial charge in [0, 0.05) is 11.6 Å². The Kier molecular flexibility index (Phi) is 3.33. The van der Waals surface area contributed by atoms with Crippen LogP contribution in [0.25, 0.3) is 0 Å². The number of pyridine rings is 1. The number of halogens is 1. The van der Waals surface area contributed by atoms with Crippen molar-refractivity contribution in [3.8, 4) is 0 Å². The molecular formula is C11H14BrN3O2. The zero-order valence-corrected chi connectivity index (χ0v) is 11.2. The quantitative estimate of drug-likeness (QED) is 0.685. The molecule has 0 radical (unpaired) electrons. The zero-order chi connectivity index (χ0) is 12.5. The van der Waals surface area contributed by atoms with Crippen molar-refractivity contribution >= 4 is 27.4 Å². The normalized spacial score (nSPS) is 18.0. The van der Waals surface area contributed by atoms with E-state index in [0.717, 1.165) is 12.8 Å². The number of rotatable bonds is 3. The molecule has 1 aromatic heterocycles. The van der Waals surface area contributed by atoms with Crippen LogP contribution in [0.2, 0.25) is 0 Å². The van der Waals surface area contributed by atoms with Gasteiger partial charge in [-0.15, -0.1) is 0 Å². The second kappa shape index (κ2) is 4.60. The van der Waals surface area contributed by atoms with Crippen LogP contribution in [0.1, 0.15) is 32.6 Å². The van der Waals surface area contributed by atoms with E-state index in [2.05, 4.69) is 33.2 Å². The summed E-state index contributed by atoms with van der Waals surface area (Å²) >= 11 is 3.32. The van der Waals surface area contributed by atoms with Gasteiger partial charge in [-0.2, -0.15) is 0 Å². The van der Waals surface area contributed by atoms with Gasteiger partial charge >= 0.3 is 0 Å². The molecule has 17 heavy (non-hydrogen) atoms. The standard InChI is InChI=1S/C11H14BrN3O2/c1-11(4-2-3-5-11)14-10-9(12)6-8(7-13-10)15(16)17/h6-7H,2-5H2,1H3,(H,13,14). The fraction of sp³-hybridized carbons (Fsp3) is 0.545. The summed E-state index contributed by atoms with van der Waals surface area (Å²) in [5.41, 5.74) is 0.0602. The molecule has 1 aromatic rings. The topological polar surface area (TPSA) is 68.1 Å². The average Bonchev–Trinajstić information content (AvgIpc) is 2.68. The van der Waals surface area contributed by atoms with Crippen molar-refractivity contribution in [1.29, 1.82) is 0 Å². The molecule has 0 aliphatic heterocycles. The summed E-state index contributed by atoms with van der Waals surface area (Å²) in [6.07, 6.45) is 5.93. The third-order valence-corrected chi connectivity index (χ3v) is 3.77. The minimum atomic E-state index is -0.446. The van der Waals surface area contributed by atoms with Gasteiger partial charge in [0.2, 0.25) is 0 Å². The van der Waals surface area contributed by atoms with E-state index in [1.54, 1.807) is 0 Å². The van der Waals surface area contributed by atoms with Crippen molar-refractivity contribution in [2.45, 2.75) is 38.1 Å². The van der Waals surface area contributed by atoms with E-state index >= 15 is 0 Å². The van der Waals surface area contributed by atoms with Crippen LogP contribution in [0.15, 0.2) is 16.7 Å². The van der Waals surface area contributed by atoms with Crippen LogP contribution < -0.4 is 5.32 Å². The summed E-state index contributed by atoms with van der Waals surface area (Å²) in [4.78, 5) is 14.3. The van der Waals surface area contributed by atoms with E-state index in [1.165, 1.54) is 25.1 Å². The molecule has 5 nitrogen and oxygen atoms in total. The minimum Gasteiger partial charge on any atom is -0.364 e. The maximum Gasteiger partial charge on any atom is 0.288 e. The number of nitrogens with zero attached hydrogens (tertiary/aromatic N) is 2. The number of hydrogen-bond acceptors (Lipinski definition) is 4. The Labute approximate surface area is 108 Å². The zero-order valence-electron chi connectivity index (χ0n) is 9.57. The van der Waals surface area contributed by atoms with Crippen molar-refractivity contribution in [1.82, 2.24) is 4.98 Å². The van der Waals surface area contributed by atoms with Gasteiger partial charge < -0.3 is 5.32 Å². The minimum absolute atomic E-state index is 0.000926. The molecule has 1 heterocycles. The maximum atomic E-state index is 10.6. The molecule has 0 aromatic carbocycles. The van der Waals surface area contributed by atoms with Gasteiger partial charge in [-0.1, -0.05) is 12.8 Å². The number of nitro groups is 1. The molecule has 2 rings (SSSR count). The third-order valence-electron chi connectivity index (χ3n) is 3.16. The highest BCUT2D eigenvalue weighted by atomic mass is 79.9. The van der Waals surface area contributed by atoms with E-state index in [1.807, 2.05) is 0 Å². The number of hydrogen-bond donors (Lipinski definition) is 1. The lowest BCUT2D eigenvalue weighted by molar-refractivity contribution is -0.385. The molecule has 1 aliphatic rings. The first kappa shape index (κ1) is 12.3. The van der Waals surface area contributed by atoms with Gasteiger partial charge in [0.1, 0.15) is 12.0 Å².